The third-order valence-corrected chi connectivity index (χ3v) is 3.21. The first-order valence-corrected chi connectivity index (χ1v) is 6.34. The number of amides is 2. The minimum Gasteiger partial charge on any atom is -0.456 e. The van der Waals surface area contributed by atoms with E-state index in [0.717, 1.165) is 0 Å². The van der Waals surface area contributed by atoms with Crippen LogP contribution in [-0.4, -0.2) is 53.7 Å². The molecular formula is C12H15ClN2O3. The quantitative estimate of drug-likeness (QED) is 0.757. The van der Waals surface area contributed by atoms with Crippen LogP contribution in [0.4, 0.5) is 0 Å². The zero-order chi connectivity index (χ0) is 13.1. The van der Waals surface area contributed by atoms with Crippen molar-refractivity contribution in [3.8, 4) is 0 Å². The minimum absolute atomic E-state index is 0.00861. The van der Waals surface area contributed by atoms with Crippen LogP contribution < -0.4 is 0 Å². The summed E-state index contributed by atoms with van der Waals surface area (Å²) in [5, 5.41) is 0. The molecule has 18 heavy (non-hydrogen) atoms. The number of halogens is 1. The van der Waals surface area contributed by atoms with Gasteiger partial charge in [0.05, 0.1) is 0 Å². The Morgan fingerprint density at radius 3 is 2.33 bits per heavy atom. The lowest BCUT2D eigenvalue weighted by Gasteiger charge is -2.34. The molecule has 2 heterocycles. The molecule has 1 aromatic rings. The highest BCUT2D eigenvalue weighted by Gasteiger charge is 2.25. The highest BCUT2D eigenvalue weighted by atomic mass is 35.5. The smallest absolute Gasteiger partial charge is 0.289 e. The maximum atomic E-state index is 12.1. The summed E-state index contributed by atoms with van der Waals surface area (Å²) in [6.07, 6.45) is 0. The number of carbonyl (C=O) groups is 2. The average Bonchev–Trinajstić information content (AvgIpc) is 2.84. The summed E-state index contributed by atoms with van der Waals surface area (Å²) in [6, 6.07) is 3.44. The van der Waals surface area contributed by atoms with Crippen molar-refractivity contribution in [2.45, 2.75) is 6.92 Å². The van der Waals surface area contributed by atoms with Gasteiger partial charge < -0.3 is 14.2 Å². The molecule has 0 aromatic carbocycles. The number of nitrogens with zero attached hydrogens (tertiary/aromatic N) is 2. The Balaban J connectivity index is 1.94. The van der Waals surface area contributed by atoms with E-state index >= 15 is 0 Å². The van der Waals surface area contributed by atoms with Gasteiger partial charge in [0.15, 0.2) is 5.76 Å². The number of hydrogen-bond acceptors (Lipinski definition) is 3. The fraction of sp³-hybridized carbons (Fsp3) is 0.500. The Morgan fingerprint density at radius 1 is 1.22 bits per heavy atom. The van der Waals surface area contributed by atoms with Gasteiger partial charge in [-0.15, -0.1) is 11.6 Å². The van der Waals surface area contributed by atoms with E-state index < -0.39 is 0 Å². The second-order valence-electron chi connectivity index (χ2n) is 4.22. The number of piperazine rings is 1. The first-order valence-electron chi connectivity index (χ1n) is 5.81. The number of carbonyl (C=O) groups excluding carboxylic acids is 2. The highest BCUT2D eigenvalue weighted by Crippen LogP contribution is 2.12. The lowest BCUT2D eigenvalue weighted by Crippen LogP contribution is -2.50. The summed E-state index contributed by atoms with van der Waals surface area (Å²) in [6.45, 7) is 3.88. The van der Waals surface area contributed by atoms with E-state index in [1.54, 1.807) is 28.9 Å². The maximum Gasteiger partial charge on any atom is 0.289 e. The van der Waals surface area contributed by atoms with Crippen molar-refractivity contribution < 1.29 is 14.0 Å². The standard InChI is InChI=1S/C12H15ClN2O3/c1-9-2-3-10(18-9)12(17)15-6-4-14(5-7-15)11(16)8-13/h2-3H,4-8H2,1H3. The lowest BCUT2D eigenvalue weighted by atomic mass is 10.3. The van der Waals surface area contributed by atoms with E-state index in [1.807, 2.05) is 0 Å². The van der Waals surface area contributed by atoms with Crippen LogP contribution in [0.2, 0.25) is 0 Å². The summed E-state index contributed by atoms with van der Waals surface area (Å²) in [5.41, 5.74) is 0. The molecular weight excluding hydrogens is 256 g/mol. The van der Waals surface area contributed by atoms with Gasteiger partial charge in [-0.05, 0) is 19.1 Å². The van der Waals surface area contributed by atoms with Crippen molar-refractivity contribution in [2.24, 2.45) is 0 Å². The molecule has 0 N–H and O–H groups in total. The van der Waals surface area contributed by atoms with Gasteiger partial charge in [0.1, 0.15) is 11.6 Å². The van der Waals surface area contributed by atoms with Gasteiger partial charge in [-0.2, -0.15) is 0 Å². The number of alkyl halides is 1. The summed E-state index contributed by atoms with van der Waals surface area (Å²) in [4.78, 5) is 26.8. The number of furan rings is 1. The number of hydrogen-bond donors (Lipinski definition) is 0. The van der Waals surface area contributed by atoms with Crippen LogP contribution in [0.15, 0.2) is 16.5 Å². The summed E-state index contributed by atoms with van der Waals surface area (Å²) in [7, 11) is 0. The van der Waals surface area contributed by atoms with Crippen LogP contribution in [0, 0.1) is 6.92 Å². The second kappa shape index (κ2) is 5.44. The van der Waals surface area contributed by atoms with Gasteiger partial charge in [0.2, 0.25) is 5.91 Å². The number of rotatable bonds is 2. The largest absolute Gasteiger partial charge is 0.456 e. The maximum absolute atomic E-state index is 12.1. The Morgan fingerprint density at radius 2 is 1.83 bits per heavy atom. The topological polar surface area (TPSA) is 53.8 Å². The molecule has 6 heteroatoms. The van der Waals surface area contributed by atoms with E-state index in [2.05, 4.69) is 0 Å². The van der Waals surface area contributed by atoms with Crippen LogP contribution in [0.1, 0.15) is 16.3 Å². The van der Waals surface area contributed by atoms with Crippen LogP contribution in [0.3, 0.4) is 0 Å². The van der Waals surface area contributed by atoms with Crippen molar-refractivity contribution in [3.05, 3.63) is 23.7 Å². The van der Waals surface area contributed by atoms with Gasteiger partial charge >= 0.3 is 0 Å². The Kier molecular flexibility index (Phi) is 3.91. The molecule has 1 saturated heterocycles. The van der Waals surface area contributed by atoms with Gasteiger partial charge in [0, 0.05) is 26.2 Å². The molecule has 0 bridgehead atoms. The summed E-state index contributed by atoms with van der Waals surface area (Å²) < 4.78 is 5.30. The predicted molar refractivity (Wildman–Crippen MR) is 66.6 cm³/mol. The molecule has 0 aliphatic carbocycles. The van der Waals surface area contributed by atoms with E-state index in [0.29, 0.717) is 37.7 Å². The monoisotopic (exact) mass is 270 g/mol. The van der Waals surface area contributed by atoms with E-state index in [1.165, 1.54) is 0 Å². The van der Waals surface area contributed by atoms with Crippen molar-refractivity contribution >= 4 is 23.4 Å². The SMILES string of the molecule is Cc1ccc(C(=O)N2CCN(C(=O)CCl)CC2)o1. The predicted octanol–water partition coefficient (Wildman–Crippen LogP) is 1.11. The fourth-order valence-electron chi connectivity index (χ4n) is 1.95. The molecule has 0 saturated carbocycles. The molecule has 2 rings (SSSR count). The van der Waals surface area contributed by atoms with Crippen LogP contribution in [0.25, 0.3) is 0 Å². The zero-order valence-corrected chi connectivity index (χ0v) is 10.9. The normalized spacial score (nSPS) is 15.9. The van der Waals surface area contributed by atoms with E-state index in [-0.39, 0.29) is 17.7 Å². The first kappa shape index (κ1) is 13.0. The molecule has 0 spiro atoms. The van der Waals surface area contributed by atoms with Crippen molar-refractivity contribution in [1.82, 2.24) is 9.80 Å². The Labute approximate surface area is 110 Å². The molecule has 5 nitrogen and oxygen atoms in total. The number of aryl methyl sites for hydroxylation is 1. The first-order chi connectivity index (χ1) is 8.61. The molecule has 1 fully saturated rings. The van der Waals surface area contributed by atoms with Crippen molar-refractivity contribution in [1.29, 1.82) is 0 Å². The van der Waals surface area contributed by atoms with Crippen molar-refractivity contribution in [3.63, 3.8) is 0 Å². The highest BCUT2D eigenvalue weighted by molar-refractivity contribution is 6.27. The molecule has 0 unspecified atom stereocenters. The second-order valence-corrected chi connectivity index (χ2v) is 4.48. The molecule has 1 aliphatic rings. The van der Waals surface area contributed by atoms with Crippen LogP contribution in [0.5, 0.6) is 0 Å². The third-order valence-electron chi connectivity index (χ3n) is 2.99. The van der Waals surface area contributed by atoms with E-state index in [4.69, 9.17) is 16.0 Å². The zero-order valence-electron chi connectivity index (χ0n) is 10.2. The van der Waals surface area contributed by atoms with Crippen LogP contribution in [-0.2, 0) is 4.79 Å². The molecule has 0 radical (unpaired) electrons. The summed E-state index contributed by atoms with van der Waals surface area (Å²) in [5.74, 6) is 0.850. The summed E-state index contributed by atoms with van der Waals surface area (Å²) >= 11 is 5.50. The minimum atomic E-state index is -0.124. The average molecular weight is 271 g/mol. The Bertz CT molecular complexity index is 450. The lowest BCUT2D eigenvalue weighted by molar-refractivity contribution is -0.129. The fourth-order valence-corrected chi connectivity index (χ4v) is 2.12. The molecule has 98 valence electrons. The van der Waals surface area contributed by atoms with Gasteiger partial charge in [-0.1, -0.05) is 0 Å². The molecule has 2 amide bonds. The Hall–Kier alpha value is -1.49. The van der Waals surface area contributed by atoms with Gasteiger partial charge in [0.25, 0.3) is 5.91 Å². The molecule has 1 aromatic heterocycles. The van der Waals surface area contributed by atoms with Crippen LogP contribution >= 0.6 is 11.6 Å². The molecule has 0 atom stereocenters. The van der Waals surface area contributed by atoms with Gasteiger partial charge in [-0.3, -0.25) is 9.59 Å². The molecule has 1 aliphatic heterocycles. The van der Waals surface area contributed by atoms with Crippen molar-refractivity contribution in [2.75, 3.05) is 32.1 Å². The van der Waals surface area contributed by atoms with Gasteiger partial charge in [-0.25, -0.2) is 0 Å². The van der Waals surface area contributed by atoms with E-state index in [9.17, 15) is 9.59 Å². The third kappa shape index (κ3) is 2.67.